The predicted molar refractivity (Wildman–Crippen MR) is 77.2 cm³/mol. The summed E-state index contributed by atoms with van der Waals surface area (Å²) in [5.41, 5.74) is 6.72. The van der Waals surface area contributed by atoms with Crippen LogP contribution in [0.25, 0.3) is 10.8 Å². The lowest BCUT2D eigenvalue weighted by Crippen LogP contribution is -2.39. The first kappa shape index (κ1) is 13.1. The molecule has 0 aromatic heterocycles. The SMILES string of the molecule is C#CCC(N)C(=O)NCc1cccc2ccccc12. The van der Waals surface area contributed by atoms with E-state index in [4.69, 9.17) is 12.2 Å². The Balaban J connectivity index is 2.10. The van der Waals surface area contributed by atoms with E-state index < -0.39 is 6.04 Å². The summed E-state index contributed by atoms with van der Waals surface area (Å²) in [6, 6.07) is 13.4. The van der Waals surface area contributed by atoms with Gasteiger partial charge in [0, 0.05) is 13.0 Å². The van der Waals surface area contributed by atoms with Gasteiger partial charge in [0.1, 0.15) is 0 Å². The summed E-state index contributed by atoms with van der Waals surface area (Å²) in [7, 11) is 0. The van der Waals surface area contributed by atoms with E-state index >= 15 is 0 Å². The van der Waals surface area contributed by atoms with Crippen LogP contribution < -0.4 is 11.1 Å². The highest BCUT2D eigenvalue weighted by Gasteiger charge is 2.11. The van der Waals surface area contributed by atoms with Gasteiger partial charge in [-0.3, -0.25) is 4.79 Å². The van der Waals surface area contributed by atoms with Crippen molar-refractivity contribution < 1.29 is 4.79 Å². The number of benzene rings is 2. The van der Waals surface area contributed by atoms with Crippen LogP contribution in [0, 0.1) is 12.3 Å². The molecule has 1 amide bonds. The number of rotatable bonds is 4. The molecule has 0 aliphatic carbocycles. The van der Waals surface area contributed by atoms with Crippen molar-refractivity contribution in [3.05, 3.63) is 48.0 Å². The van der Waals surface area contributed by atoms with E-state index in [1.54, 1.807) is 0 Å². The average molecular weight is 252 g/mol. The molecule has 0 aliphatic rings. The van der Waals surface area contributed by atoms with E-state index in [-0.39, 0.29) is 12.3 Å². The van der Waals surface area contributed by atoms with E-state index in [1.807, 2.05) is 42.5 Å². The van der Waals surface area contributed by atoms with Gasteiger partial charge in [0.05, 0.1) is 6.04 Å². The number of nitrogens with one attached hydrogen (secondary N) is 1. The minimum atomic E-state index is -0.639. The summed E-state index contributed by atoms with van der Waals surface area (Å²) >= 11 is 0. The zero-order valence-electron chi connectivity index (χ0n) is 10.6. The van der Waals surface area contributed by atoms with Gasteiger partial charge >= 0.3 is 0 Å². The molecule has 0 bridgehead atoms. The number of nitrogens with two attached hydrogens (primary N) is 1. The number of hydrogen-bond donors (Lipinski definition) is 2. The van der Waals surface area contributed by atoms with E-state index in [1.165, 1.54) is 0 Å². The molecule has 3 nitrogen and oxygen atoms in total. The molecule has 2 aromatic rings. The Morgan fingerprint density at radius 1 is 1.26 bits per heavy atom. The molecule has 3 heteroatoms. The number of amides is 1. The highest BCUT2D eigenvalue weighted by Crippen LogP contribution is 2.18. The van der Waals surface area contributed by atoms with Gasteiger partial charge in [-0.25, -0.2) is 0 Å². The third-order valence-electron chi connectivity index (χ3n) is 3.01. The largest absolute Gasteiger partial charge is 0.351 e. The lowest BCUT2D eigenvalue weighted by Gasteiger charge is -2.11. The first-order valence-electron chi connectivity index (χ1n) is 6.16. The van der Waals surface area contributed by atoms with Crippen LogP contribution in [0.5, 0.6) is 0 Å². The van der Waals surface area contributed by atoms with E-state index in [0.29, 0.717) is 6.54 Å². The highest BCUT2D eigenvalue weighted by atomic mass is 16.2. The molecule has 19 heavy (non-hydrogen) atoms. The van der Waals surface area contributed by atoms with Crippen LogP contribution >= 0.6 is 0 Å². The van der Waals surface area contributed by atoms with Gasteiger partial charge in [0.2, 0.25) is 5.91 Å². The molecule has 96 valence electrons. The van der Waals surface area contributed by atoms with E-state index in [9.17, 15) is 4.79 Å². The van der Waals surface area contributed by atoms with Gasteiger partial charge in [-0.1, -0.05) is 42.5 Å². The van der Waals surface area contributed by atoms with Crippen molar-refractivity contribution >= 4 is 16.7 Å². The molecule has 0 spiro atoms. The van der Waals surface area contributed by atoms with Crippen LogP contribution in [0.15, 0.2) is 42.5 Å². The van der Waals surface area contributed by atoms with Crippen molar-refractivity contribution in [1.82, 2.24) is 5.32 Å². The molecule has 0 saturated heterocycles. The van der Waals surface area contributed by atoms with Crippen LogP contribution in [0.3, 0.4) is 0 Å². The van der Waals surface area contributed by atoms with E-state index in [2.05, 4.69) is 11.2 Å². The molecule has 2 aromatic carbocycles. The first-order valence-corrected chi connectivity index (χ1v) is 6.16. The van der Waals surface area contributed by atoms with Crippen LogP contribution in [-0.4, -0.2) is 11.9 Å². The maximum atomic E-state index is 11.7. The molecule has 0 saturated carbocycles. The number of fused-ring (bicyclic) bond motifs is 1. The highest BCUT2D eigenvalue weighted by molar-refractivity contribution is 5.86. The third kappa shape index (κ3) is 3.12. The number of hydrogen-bond acceptors (Lipinski definition) is 2. The summed E-state index contributed by atoms with van der Waals surface area (Å²) < 4.78 is 0. The summed E-state index contributed by atoms with van der Waals surface area (Å²) in [4.78, 5) is 11.7. The molecular formula is C16H16N2O. The second-order valence-electron chi connectivity index (χ2n) is 4.37. The Bertz CT molecular complexity index is 623. The number of carbonyl (C=O) groups is 1. The smallest absolute Gasteiger partial charge is 0.238 e. The minimum absolute atomic E-state index is 0.217. The van der Waals surface area contributed by atoms with Crippen molar-refractivity contribution in [2.45, 2.75) is 19.0 Å². The van der Waals surface area contributed by atoms with Gasteiger partial charge in [-0.15, -0.1) is 12.3 Å². The quantitative estimate of drug-likeness (QED) is 0.815. The fourth-order valence-corrected chi connectivity index (χ4v) is 1.98. The molecule has 3 N–H and O–H groups in total. The van der Waals surface area contributed by atoms with Crippen molar-refractivity contribution in [2.75, 3.05) is 0 Å². The standard InChI is InChI=1S/C16H16N2O/c1-2-6-15(17)16(19)18-11-13-9-5-8-12-7-3-4-10-14(12)13/h1,3-5,7-10,15H,6,11,17H2,(H,18,19). The van der Waals surface area contributed by atoms with Gasteiger partial charge in [-0.2, -0.15) is 0 Å². The van der Waals surface area contributed by atoms with Gasteiger partial charge in [0.25, 0.3) is 0 Å². The summed E-state index contributed by atoms with van der Waals surface area (Å²) in [5, 5.41) is 5.11. The minimum Gasteiger partial charge on any atom is -0.351 e. The first-order chi connectivity index (χ1) is 9.22. The van der Waals surface area contributed by atoms with Gasteiger partial charge in [-0.05, 0) is 16.3 Å². The predicted octanol–water partition coefficient (Wildman–Crippen LogP) is 1.81. The van der Waals surface area contributed by atoms with Crippen LogP contribution in [0.4, 0.5) is 0 Å². The molecule has 1 atom stereocenters. The summed E-state index contributed by atoms with van der Waals surface area (Å²) in [6.07, 6.45) is 5.39. The molecule has 0 radical (unpaired) electrons. The Kier molecular flexibility index (Phi) is 4.17. The molecule has 0 aliphatic heterocycles. The lowest BCUT2D eigenvalue weighted by atomic mass is 10.0. The fourth-order valence-electron chi connectivity index (χ4n) is 1.98. The monoisotopic (exact) mass is 252 g/mol. The molecule has 0 fully saturated rings. The maximum Gasteiger partial charge on any atom is 0.238 e. The Morgan fingerprint density at radius 2 is 2.00 bits per heavy atom. The second-order valence-corrected chi connectivity index (χ2v) is 4.37. The van der Waals surface area contributed by atoms with E-state index in [0.717, 1.165) is 16.3 Å². The van der Waals surface area contributed by atoms with Crippen molar-refractivity contribution in [3.8, 4) is 12.3 Å². The van der Waals surface area contributed by atoms with Crippen molar-refractivity contribution in [1.29, 1.82) is 0 Å². The topological polar surface area (TPSA) is 55.1 Å². The summed E-state index contributed by atoms with van der Waals surface area (Å²) in [6.45, 7) is 0.457. The molecule has 0 heterocycles. The number of carbonyl (C=O) groups excluding carboxylic acids is 1. The van der Waals surface area contributed by atoms with Gasteiger partial charge < -0.3 is 11.1 Å². The zero-order valence-corrected chi connectivity index (χ0v) is 10.6. The van der Waals surface area contributed by atoms with Crippen LogP contribution in [-0.2, 0) is 11.3 Å². The second kappa shape index (κ2) is 6.03. The lowest BCUT2D eigenvalue weighted by molar-refractivity contribution is -0.122. The maximum absolute atomic E-state index is 11.7. The normalized spacial score (nSPS) is 11.8. The van der Waals surface area contributed by atoms with Crippen molar-refractivity contribution in [2.24, 2.45) is 5.73 Å². The van der Waals surface area contributed by atoms with Crippen LogP contribution in [0.1, 0.15) is 12.0 Å². The molecule has 2 rings (SSSR count). The third-order valence-corrected chi connectivity index (χ3v) is 3.01. The molecular weight excluding hydrogens is 236 g/mol. The summed E-state index contributed by atoms with van der Waals surface area (Å²) in [5.74, 6) is 2.17. The number of terminal acetylenes is 1. The molecule has 1 unspecified atom stereocenters. The van der Waals surface area contributed by atoms with Crippen LogP contribution in [0.2, 0.25) is 0 Å². The Morgan fingerprint density at radius 3 is 2.79 bits per heavy atom. The van der Waals surface area contributed by atoms with Gasteiger partial charge in [0.15, 0.2) is 0 Å². The Labute approximate surface area is 112 Å². The Hall–Kier alpha value is -2.31. The average Bonchev–Trinajstić information content (AvgIpc) is 2.45. The zero-order chi connectivity index (χ0) is 13.7. The fraction of sp³-hybridized carbons (Fsp3) is 0.188. The van der Waals surface area contributed by atoms with Crippen molar-refractivity contribution in [3.63, 3.8) is 0 Å².